The molecule has 0 unspecified atom stereocenters. The third-order valence-corrected chi connectivity index (χ3v) is 3.12. The van der Waals surface area contributed by atoms with E-state index in [-0.39, 0.29) is 0 Å². The van der Waals surface area contributed by atoms with Gasteiger partial charge < -0.3 is 15.2 Å². The van der Waals surface area contributed by atoms with E-state index in [0.29, 0.717) is 23.6 Å². The SMILES string of the molecule is COC(=O)c1cc(N)ccc1OCc1ccsc1. The Morgan fingerprint density at radius 2 is 2.22 bits per heavy atom. The summed E-state index contributed by atoms with van der Waals surface area (Å²) in [6.45, 7) is 0.414. The van der Waals surface area contributed by atoms with Crippen LogP contribution < -0.4 is 10.5 Å². The van der Waals surface area contributed by atoms with Gasteiger partial charge in [0.1, 0.15) is 17.9 Å². The molecule has 0 atom stereocenters. The van der Waals surface area contributed by atoms with E-state index in [9.17, 15) is 4.79 Å². The molecular weight excluding hydrogens is 250 g/mol. The Kier molecular flexibility index (Phi) is 3.84. The van der Waals surface area contributed by atoms with E-state index in [1.165, 1.54) is 7.11 Å². The van der Waals surface area contributed by atoms with Gasteiger partial charge in [-0.15, -0.1) is 0 Å². The number of methoxy groups -OCH3 is 1. The highest BCUT2D eigenvalue weighted by Gasteiger charge is 2.13. The van der Waals surface area contributed by atoms with Crippen LogP contribution in [0.5, 0.6) is 5.75 Å². The van der Waals surface area contributed by atoms with Crippen molar-refractivity contribution in [2.45, 2.75) is 6.61 Å². The summed E-state index contributed by atoms with van der Waals surface area (Å²) in [6, 6.07) is 6.89. The summed E-state index contributed by atoms with van der Waals surface area (Å²) in [5.74, 6) is 0.0184. The van der Waals surface area contributed by atoms with Gasteiger partial charge in [-0.25, -0.2) is 4.79 Å². The number of ether oxygens (including phenoxy) is 2. The van der Waals surface area contributed by atoms with Gasteiger partial charge >= 0.3 is 5.97 Å². The van der Waals surface area contributed by atoms with Gasteiger partial charge in [-0.3, -0.25) is 0 Å². The Labute approximate surface area is 109 Å². The summed E-state index contributed by atoms with van der Waals surface area (Å²) < 4.78 is 10.3. The summed E-state index contributed by atoms with van der Waals surface area (Å²) in [5, 5.41) is 3.97. The van der Waals surface area contributed by atoms with E-state index in [1.54, 1.807) is 29.5 Å². The quantitative estimate of drug-likeness (QED) is 0.680. The molecule has 0 bridgehead atoms. The van der Waals surface area contributed by atoms with Crippen LogP contribution >= 0.6 is 11.3 Å². The number of carbonyl (C=O) groups is 1. The summed E-state index contributed by atoms with van der Waals surface area (Å²) in [6.07, 6.45) is 0. The van der Waals surface area contributed by atoms with Crippen LogP contribution in [0.3, 0.4) is 0 Å². The number of esters is 1. The van der Waals surface area contributed by atoms with E-state index < -0.39 is 5.97 Å². The molecule has 2 N–H and O–H groups in total. The van der Waals surface area contributed by atoms with E-state index in [1.807, 2.05) is 16.8 Å². The number of thiophene rings is 1. The topological polar surface area (TPSA) is 61.5 Å². The molecule has 0 saturated carbocycles. The van der Waals surface area contributed by atoms with Gasteiger partial charge in [0, 0.05) is 5.69 Å². The first-order valence-electron chi connectivity index (χ1n) is 5.32. The smallest absolute Gasteiger partial charge is 0.341 e. The number of nitrogen functional groups attached to an aromatic ring is 1. The maximum absolute atomic E-state index is 11.6. The maximum Gasteiger partial charge on any atom is 0.341 e. The Morgan fingerprint density at radius 3 is 2.89 bits per heavy atom. The Morgan fingerprint density at radius 1 is 1.39 bits per heavy atom. The fourth-order valence-electron chi connectivity index (χ4n) is 1.48. The molecule has 0 fully saturated rings. The lowest BCUT2D eigenvalue weighted by atomic mass is 10.2. The summed E-state index contributed by atoms with van der Waals surface area (Å²) in [4.78, 5) is 11.6. The molecule has 5 heteroatoms. The van der Waals surface area contributed by atoms with E-state index in [4.69, 9.17) is 15.2 Å². The number of rotatable bonds is 4. The van der Waals surface area contributed by atoms with Crippen LogP contribution in [0.1, 0.15) is 15.9 Å². The fraction of sp³-hybridized carbons (Fsp3) is 0.154. The van der Waals surface area contributed by atoms with Crippen molar-refractivity contribution in [1.82, 2.24) is 0 Å². The second-order valence-corrected chi connectivity index (χ2v) is 4.45. The van der Waals surface area contributed by atoms with Crippen molar-refractivity contribution in [1.29, 1.82) is 0 Å². The molecule has 18 heavy (non-hydrogen) atoms. The minimum atomic E-state index is -0.456. The minimum Gasteiger partial charge on any atom is -0.488 e. The summed E-state index contributed by atoms with van der Waals surface area (Å²) >= 11 is 1.60. The molecule has 2 rings (SSSR count). The zero-order chi connectivity index (χ0) is 13.0. The van der Waals surface area contributed by atoms with Crippen LogP contribution in [0.15, 0.2) is 35.0 Å². The van der Waals surface area contributed by atoms with Gasteiger partial charge in [-0.1, -0.05) is 0 Å². The van der Waals surface area contributed by atoms with Gasteiger partial charge in [0.05, 0.1) is 7.11 Å². The molecule has 1 aromatic heterocycles. The van der Waals surface area contributed by atoms with Crippen LogP contribution in [0, 0.1) is 0 Å². The predicted molar refractivity (Wildman–Crippen MR) is 70.8 cm³/mol. The molecule has 2 aromatic rings. The molecule has 0 radical (unpaired) electrons. The number of hydrogen-bond donors (Lipinski definition) is 1. The van der Waals surface area contributed by atoms with Gasteiger partial charge in [0.2, 0.25) is 0 Å². The molecule has 94 valence electrons. The second-order valence-electron chi connectivity index (χ2n) is 3.67. The van der Waals surface area contributed by atoms with Crippen molar-refractivity contribution < 1.29 is 14.3 Å². The highest BCUT2D eigenvalue weighted by atomic mass is 32.1. The van der Waals surface area contributed by atoms with Crippen molar-refractivity contribution in [2.75, 3.05) is 12.8 Å². The molecule has 0 saturated heterocycles. The van der Waals surface area contributed by atoms with Crippen LogP contribution in [0.25, 0.3) is 0 Å². The Bertz CT molecular complexity index is 537. The third kappa shape index (κ3) is 2.81. The molecule has 0 aliphatic heterocycles. The van der Waals surface area contributed by atoms with E-state index in [2.05, 4.69) is 0 Å². The number of benzene rings is 1. The predicted octanol–water partition coefficient (Wildman–Crippen LogP) is 2.70. The molecule has 4 nitrogen and oxygen atoms in total. The van der Waals surface area contributed by atoms with Crippen molar-refractivity contribution in [3.8, 4) is 5.75 Å². The first-order chi connectivity index (χ1) is 8.70. The molecule has 1 heterocycles. The van der Waals surface area contributed by atoms with Gasteiger partial charge in [-0.2, -0.15) is 11.3 Å². The molecule has 0 aliphatic rings. The summed E-state index contributed by atoms with van der Waals surface area (Å²) in [5.41, 5.74) is 7.55. The third-order valence-electron chi connectivity index (χ3n) is 2.38. The normalized spacial score (nSPS) is 10.1. The summed E-state index contributed by atoms with van der Waals surface area (Å²) in [7, 11) is 1.33. The average molecular weight is 263 g/mol. The lowest BCUT2D eigenvalue weighted by Crippen LogP contribution is -2.06. The van der Waals surface area contributed by atoms with Crippen molar-refractivity contribution in [2.24, 2.45) is 0 Å². The number of hydrogen-bond acceptors (Lipinski definition) is 5. The first-order valence-corrected chi connectivity index (χ1v) is 6.26. The van der Waals surface area contributed by atoms with Crippen molar-refractivity contribution >= 4 is 23.0 Å². The molecule has 1 aromatic carbocycles. The fourth-order valence-corrected chi connectivity index (χ4v) is 2.13. The molecular formula is C13H13NO3S. The Balaban J connectivity index is 2.18. The zero-order valence-electron chi connectivity index (χ0n) is 9.88. The number of anilines is 1. The zero-order valence-corrected chi connectivity index (χ0v) is 10.7. The molecule has 0 aliphatic carbocycles. The van der Waals surface area contributed by atoms with Gasteiger partial charge in [0.25, 0.3) is 0 Å². The highest BCUT2D eigenvalue weighted by molar-refractivity contribution is 7.07. The number of carbonyl (C=O) groups excluding carboxylic acids is 1. The number of nitrogens with two attached hydrogens (primary N) is 1. The largest absolute Gasteiger partial charge is 0.488 e. The maximum atomic E-state index is 11.6. The average Bonchev–Trinajstić information content (AvgIpc) is 2.89. The van der Waals surface area contributed by atoms with E-state index in [0.717, 1.165) is 5.56 Å². The van der Waals surface area contributed by atoms with Gasteiger partial charge in [-0.05, 0) is 40.6 Å². The second kappa shape index (κ2) is 5.55. The monoisotopic (exact) mass is 263 g/mol. The van der Waals surface area contributed by atoms with Crippen molar-refractivity contribution in [3.05, 3.63) is 46.2 Å². The van der Waals surface area contributed by atoms with Crippen LogP contribution in [0.2, 0.25) is 0 Å². The highest BCUT2D eigenvalue weighted by Crippen LogP contribution is 2.23. The minimum absolute atomic E-state index is 0.340. The van der Waals surface area contributed by atoms with Crippen molar-refractivity contribution in [3.63, 3.8) is 0 Å². The molecule has 0 amide bonds. The van der Waals surface area contributed by atoms with Crippen LogP contribution in [-0.4, -0.2) is 13.1 Å². The molecule has 0 spiro atoms. The lowest BCUT2D eigenvalue weighted by Gasteiger charge is -2.10. The van der Waals surface area contributed by atoms with Crippen LogP contribution in [-0.2, 0) is 11.3 Å². The van der Waals surface area contributed by atoms with Gasteiger partial charge in [0.15, 0.2) is 0 Å². The Hall–Kier alpha value is -2.01. The first kappa shape index (κ1) is 12.4. The standard InChI is InChI=1S/C13H13NO3S/c1-16-13(15)11-6-10(14)2-3-12(11)17-7-9-4-5-18-8-9/h2-6,8H,7,14H2,1H3. The lowest BCUT2D eigenvalue weighted by molar-refractivity contribution is 0.0595. The van der Waals surface area contributed by atoms with E-state index >= 15 is 0 Å². The van der Waals surface area contributed by atoms with Crippen LogP contribution in [0.4, 0.5) is 5.69 Å².